The molecule has 1 amide bonds. The van der Waals surface area contributed by atoms with E-state index in [0.717, 1.165) is 23.4 Å². The predicted octanol–water partition coefficient (Wildman–Crippen LogP) is 3.12. The minimum absolute atomic E-state index is 0.257. The molecule has 0 bridgehead atoms. The molecular weight excluding hydrogens is 312 g/mol. The maximum atomic E-state index is 13.5. The number of para-hydroxylation sites is 1. The van der Waals surface area contributed by atoms with E-state index in [1.165, 1.54) is 6.07 Å². The van der Waals surface area contributed by atoms with E-state index in [9.17, 15) is 13.6 Å². The molecule has 0 spiro atoms. The first-order valence-corrected chi connectivity index (χ1v) is 7.46. The van der Waals surface area contributed by atoms with Crippen molar-refractivity contribution in [3.05, 3.63) is 83.7 Å². The Bertz CT molecular complexity index is 826. The quantitative estimate of drug-likeness (QED) is 0.783. The molecule has 122 valence electrons. The maximum Gasteiger partial charge on any atom is 0.257 e. The fourth-order valence-electron chi connectivity index (χ4n) is 2.33. The first-order valence-electron chi connectivity index (χ1n) is 7.46. The average molecular weight is 327 g/mol. The second-order valence-corrected chi connectivity index (χ2v) is 5.23. The minimum atomic E-state index is -0.871. The molecule has 0 fully saturated rings. The third-order valence-corrected chi connectivity index (χ3v) is 3.55. The largest absolute Gasteiger partial charge is 0.352 e. The fraction of sp³-hybridized carbons (Fsp3) is 0.111. The van der Waals surface area contributed by atoms with Crippen molar-refractivity contribution in [1.82, 2.24) is 15.1 Å². The van der Waals surface area contributed by atoms with Gasteiger partial charge in [-0.25, -0.2) is 13.5 Å². The Balaban J connectivity index is 1.59. The smallest absolute Gasteiger partial charge is 0.257 e. The molecule has 0 saturated carbocycles. The van der Waals surface area contributed by atoms with Gasteiger partial charge < -0.3 is 5.32 Å². The Morgan fingerprint density at radius 1 is 1.04 bits per heavy atom. The lowest BCUT2D eigenvalue weighted by Crippen LogP contribution is -2.27. The van der Waals surface area contributed by atoms with Gasteiger partial charge >= 0.3 is 0 Å². The van der Waals surface area contributed by atoms with Crippen LogP contribution in [0.1, 0.15) is 15.9 Å². The van der Waals surface area contributed by atoms with Crippen LogP contribution in [-0.4, -0.2) is 22.2 Å². The van der Waals surface area contributed by atoms with E-state index in [1.54, 1.807) is 10.9 Å². The van der Waals surface area contributed by atoms with E-state index < -0.39 is 23.1 Å². The van der Waals surface area contributed by atoms with Crippen molar-refractivity contribution < 1.29 is 13.6 Å². The molecule has 24 heavy (non-hydrogen) atoms. The molecule has 0 radical (unpaired) electrons. The van der Waals surface area contributed by atoms with Crippen molar-refractivity contribution in [3.8, 4) is 5.69 Å². The SMILES string of the molecule is O=C(NCCc1cnn(-c2ccccc2)c1)c1c(F)cccc1F. The highest BCUT2D eigenvalue weighted by Crippen LogP contribution is 2.12. The minimum Gasteiger partial charge on any atom is -0.352 e. The fourth-order valence-corrected chi connectivity index (χ4v) is 2.33. The second kappa shape index (κ2) is 7.04. The Hall–Kier alpha value is -3.02. The third-order valence-electron chi connectivity index (χ3n) is 3.55. The van der Waals surface area contributed by atoms with Crippen LogP contribution in [0.15, 0.2) is 60.9 Å². The normalized spacial score (nSPS) is 10.6. The summed E-state index contributed by atoms with van der Waals surface area (Å²) >= 11 is 0. The zero-order chi connectivity index (χ0) is 16.9. The van der Waals surface area contributed by atoms with Crippen LogP contribution in [0.3, 0.4) is 0 Å². The summed E-state index contributed by atoms with van der Waals surface area (Å²) in [4.78, 5) is 11.9. The number of carbonyl (C=O) groups excluding carboxylic acids is 1. The molecule has 1 heterocycles. The Morgan fingerprint density at radius 3 is 2.46 bits per heavy atom. The van der Waals surface area contributed by atoms with Crippen LogP contribution in [-0.2, 0) is 6.42 Å². The van der Waals surface area contributed by atoms with E-state index in [0.29, 0.717) is 6.42 Å². The molecule has 4 nitrogen and oxygen atoms in total. The number of amides is 1. The van der Waals surface area contributed by atoms with Gasteiger partial charge in [-0.05, 0) is 36.2 Å². The van der Waals surface area contributed by atoms with Crippen LogP contribution in [0.4, 0.5) is 8.78 Å². The van der Waals surface area contributed by atoms with Crippen molar-refractivity contribution in [2.24, 2.45) is 0 Å². The van der Waals surface area contributed by atoms with Crippen molar-refractivity contribution in [2.45, 2.75) is 6.42 Å². The standard InChI is InChI=1S/C18H15F2N3O/c19-15-7-4-8-16(20)17(15)18(24)21-10-9-13-11-22-23(12-13)14-5-2-1-3-6-14/h1-8,11-12H,9-10H2,(H,21,24). The van der Waals surface area contributed by atoms with Gasteiger partial charge in [0.25, 0.3) is 5.91 Å². The summed E-state index contributed by atoms with van der Waals surface area (Å²) in [6, 6.07) is 13.0. The molecule has 0 atom stereocenters. The number of rotatable bonds is 5. The van der Waals surface area contributed by atoms with Gasteiger partial charge in [0.05, 0.1) is 11.9 Å². The summed E-state index contributed by atoms with van der Waals surface area (Å²) in [5.41, 5.74) is 1.28. The molecule has 3 rings (SSSR count). The molecule has 0 saturated heterocycles. The lowest BCUT2D eigenvalue weighted by molar-refractivity contribution is 0.0945. The first kappa shape index (κ1) is 15.9. The van der Waals surface area contributed by atoms with Crippen LogP contribution in [0, 0.1) is 11.6 Å². The van der Waals surface area contributed by atoms with Crippen LogP contribution in [0.5, 0.6) is 0 Å². The molecule has 0 aliphatic carbocycles. The molecular formula is C18H15F2N3O. The molecule has 0 unspecified atom stereocenters. The van der Waals surface area contributed by atoms with Gasteiger partial charge in [0.15, 0.2) is 0 Å². The Kier molecular flexibility index (Phi) is 4.65. The van der Waals surface area contributed by atoms with E-state index in [2.05, 4.69) is 10.4 Å². The van der Waals surface area contributed by atoms with Crippen molar-refractivity contribution >= 4 is 5.91 Å². The summed E-state index contributed by atoms with van der Waals surface area (Å²) in [5, 5.41) is 6.78. The van der Waals surface area contributed by atoms with Gasteiger partial charge in [0.1, 0.15) is 17.2 Å². The van der Waals surface area contributed by atoms with Gasteiger partial charge in [-0.3, -0.25) is 4.79 Å². The average Bonchev–Trinajstić information content (AvgIpc) is 3.04. The first-order chi connectivity index (χ1) is 11.6. The molecule has 1 aromatic heterocycles. The number of hydrogen-bond donors (Lipinski definition) is 1. The van der Waals surface area contributed by atoms with E-state index in [4.69, 9.17) is 0 Å². The molecule has 0 aliphatic rings. The topological polar surface area (TPSA) is 46.9 Å². The summed E-state index contributed by atoms with van der Waals surface area (Å²) < 4.78 is 28.8. The molecule has 2 aromatic carbocycles. The van der Waals surface area contributed by atoms with Crippen LogP contribution < -0.4 is 5.32 Å². The van der Waals surface area contributed by atoms with Gasteiger partial charge in [-0.2, -0.15) is 5.10 Å². The predicted molar refractivity (Wildman–Crippen MR) is 86.0 cm³/mol. The Labute approximate surface area is 137 Å². The number of hydrogen-bond acceptors (Lipinski definition) is 2. The molecule has 3 aromatic rings. The summed E-state index contributed by atoms with van der Waals surface area (Å²) in [6.45, 7) is 0.257. The summed E-state index contributed by atoms with van der Waals surface area (Å²) in [5.74, 6) is -2.50. The van der Waals surface area contributed by atoms with Crippen LogP contribution in [0.25, 0.3) is 5.69 Å². The number of carbonyl (C=O) groups is 1. The zero-order valence-corrected chi connectivity index (χ0v) is 12.7. The lowest BCUT2D eigenvalue weighted by Gasteiger charge is -2.06. The lowest BCUT2D eigenvalue weighted by atomic mass is 10.2. The number of benzene rings is 2. The maximum absolute atomic E-state index is 13.5. The number of aromatic nitrogens is 2. The zero-order valence-electron chi connectivity index (χ0n) is 12.7. The van der Waals surface area contributed by atoms with Crippen molar-refractivity contribution in [2.75, 3.05) is 6.54 Å². The van der Waals surface area contributed by atoms with Gasteiger partial charge in [0.2, 0.25) is 0 Å². The molecule has 1 N–H and O–H groups in total. The molecule has 6 heteroatoms. The highest BCUT2D eigenvalue weighted by atomic mass is 19.1. The number of halogens is 2. The highest BCUT2D eigenvalue weighted by Gasteiger charge is 2.16. The van der Waals surface area contributed by atoms with Gasteiger partial charge in [-0.15, -0.1) is 0 Å². The monoisotopic (exact) mass is 327 g/mol. The van der Waals surface area contributed by atoms with Crippen LogP contribution in [0.2, 0.25) is 0 Å². The highest BCUT2D eigenvalue weighted by molar-refractivity contribution is 5.94. The summed E-state index contributed by atoms with van der Waals surface area (Å²) in [6.07, 6.45) is 4.06. The van der Waals surface area contributed by atoms with Gasteiger partial charge in [-0.1, -0.05) is 24.3 Å². The van der Waals surface area contributed by atoms with E-state index >= 15 is 0 Å². The Morgan fingerprint density at radius 2 is 1.75 bits per heavy atom. The second-order valence-electron chi connectivity index (χ2n) is 5.23. The third kappa shape index (κ3) is 3.48. The van der Waals surface area contributed by atoms with Crippen molar-refractivity contribution in [1.29, 1.82) is 0 Å². The molecule has 0 aliphatic heterocycles. The van der Waals surface area contributed by atoms with E-state index in [1.807, 2.05) is 36.5 Å². The van der Waals surface area contributed by atoms with Gasteiger partial charge in [0, 0.05) is 12.7 Å². The number of nitrogens with zero attached hydrogens (tertiary/aromatic N) is 2. The van der Waals surface area contributed by atoms with Crippen LogP contribution >= 0.6 is 0 Å². The summed E-state index contributed by atoms with van der Waals surface area (Å²) in [7, 11) is 0. The van der Waals surface area contributed by atoms with Crippen molar-refractivity contribution in [3.63, 3.8) is 0 Å². The van der Waals surface area contributed by atoms with E-state index in [-0.39, 0.29) is 6.54 Å². The number of nitrogens with one attached hydrogen (secondary N) is 1.